The lowest BCUT2D eigenvalue weighted by Crippen LogP contribution is -2.20. The summed E-state index contributed by atoms with van der Waals surface area (Å²) in [5.74, 6) is 0.171. The van der Waals surface area contributed by atoms with Crippen LogP contribution in [0.1, 0.15) is 16.7 Å². The van der Waals surface area contributed by atoms with E-state index in [0.717, 1.165) is 5.56 Å². The second kappa shape index (κ2) is 7.54. The zero-order valence-electron chi connectivity index (χ0n) is 13.2. The van der Waals surface area contributed by atoms with Crippen molar-refractivity contribution in [3.8, 4) is 5.75 Å². The maximum absolute atomic E-state index is 12.0. The highest BCUT2D eigenvalue weighted by Crippen LogP contribution is 2.33. The minimum atomic E-state index is -0.491. The van der Waals surface area contributed by atoms with Gasteiger partial charge in [0.2, 0.25) is 5.91 Å². The molecule has 1 aliphatic rings. The van der Waals surface area contributed by atoms with E-state index in [-0.39, 0.29) is 25.0 Å². The van der Waals surface area contributed by atoms with E-state index < -0.39 is 4.92 Å². The molecule has 8 nitrogen and oxygen atoms in total. The van der Waals surface area contributed by atoms with Crippen molar-refractivity contribution >= 4 is 17.7 Å². The molecule has 0 unspecified atom stereocenters. The number of aromatic nitrogens is 1. The Labute approximate surface area is 143 Å². The van der Waals surface area contributed by atoms with Gasteiger partial charge in [0.05, 0.1) is 11.5 Å². The lowest BCUT2D eigenvalue weighted by Gasteiger charge is -2.19. The normalized spacial score (nSPS) is 13.1. The molecule has 0 fully saturated rings. The maximum Gasteiger partial charge on any atom is 0.270 e. The van der Waals surface area contributed by atoms with Gasteiger partial charge in [-0.2, -0.15) is 0 Å². The topological polar surface area (TPSA) is 104 Å². The van der Waals surface area contributed by atoms with Crippen LogP contribution in [0.5, 0.6) is 5.75 Å². The monoisotopic (exact) mass is 341 g/mol. The molecule has 1 aromatic carbocycles. The Morgan fingerprint density at radius 1 is 1.44 bits per heavy atom. The molecule has 128 valence electrons. The van der Waals surface area contributed by atoms with Crippen LogP contribution in [0.25, 0.3) is 6.08 Å². The number of ether oxygens (including phenoxy) is 2. The van der Waals surface area contributed by atoms with E-state index in [0.29, 0.717) is 23.4 Å². The van der Waals surface area contributed by atoms with Gasteiger partial charge in [-0.25, -0.2) is 0 Å². The Bertz CT molecular complexity index is 821. The number of nitrogens with one attached hydrogen (secondary N) is 1. The molecule has 0 saturated carbocycles. The first-order valence-electron chi connectivity index (χ1n) is 7.50. The number of carbonyl (C=O) groups is 1. The first kappa shape index (κ1) is 16.6. The van der Waals surface area contributed by atoms with Gasteiger partial charge in [0.15, 0.2) is 6.79 Å². The van der Waals surface area contributed by atoms with E-state index in [9.17, 15) is 14.9 Å². The number of nitrogens with zero attached hydrogens (tertiary/aromatic N) is 2. The van der Waals surface area contributed by atoms with Gasteiger partial charge in [-0.15, -0.1) is 0 Å². The molecule has 0 aliphatic carbocycles. The second-order valence-corrected chi connectivity index (χ2v) is 5.30. The van der Waals surface area contributed by atoms with Crippen LogP contribution in [0.3, 0.4) is 0 Å². The van der Waals surface area contributed by atoms with Gasteiger partial charge in [0.25, 0.3) is 5.69 Å². The third-order valence-corrected chi connectivity index (χ3v) is 3.54. The molecule has 0 bridgehead atoms. The fourth-order valence-electron chi connectivity index (χ4n) is 2.38. The fraction of sp³-hybridized carbons (Fsp3) is 0.176. The van der Waals surface area contributed by atoms with E-state index >= 15 is 0 Å². The van der Waals surface area contributed by atoms with E-state index in [1.807, 2.05) is 6.07 Å². The number of benzene rings is 1. The lowest BCUT2D eigenvalue weighted by atomic mass is 10.1. The summed E-state index contributed by atoms with van der Waals surface area (Å²) in [6.45, 7) is 0.637. The molecule has 1 aliphatic heterocycles. The van der Waals surface area contributed by atoms with Gasteiger partial charge >= 0.3 is 0 Å². The number of carbonyl (C=O) groups excluding carboxylic acids is 1. The molecule has 0 saturated heterocycles. The fourth-order valence-corrected chi connectivity index (χ4v) is 2.38. The summed E-state index contributed by atoms with van der Waals surface area (Å²) < 4.78 is 10.6. The smallest absolute Gasteiger partial charge is 0.270 e. The van der Waals surface area contributed by atoms with Gasteiger partial charge in [0.1, 0.15) is 5.75 Å². The summed E-state index contributed by atoms with van der Waals surface area (Å²) in [5, 5.41) is 13.8. The molecule has 0 spiro atoms. The highest BCUT2D eigenvalue weighted by molar-refractivity contribution is 5.92. The van der Waals surface area contributed by atoms with Gasteiger partial charge in [-0.1, -0.05) is 6.07 Å². The first-order valence-corrected chi connectivity index (χ1v) is 7.50. The van der Waals surface area contributed by atoms with Gasteiger partial charge in [0, 0.05) is 48.3 Å². The molecule has 8 heteroatoms. The van der Waals surface area contributed by atoms with Crippen LogP contribution in [-0.2, 0) is 22.7 Å². The summed E-state index contributed by atoms with van der Waals surface area (Å²) in [7, 11) is 0. The average Bonchev–Trinajstić information content (AvgIpc) is 2.65. The summed E-state index contributed by atoms with van der Waals surface area (Å²) >= 11 is 0. The number of hydrogen-bond acceptors (Lipinski definition) is 6. The summed E-state index contributed by atoms with van der Waals surface area (Å²) in [4.78, 5) is 26.5. The van der Waals surface area contributed by atoms with Crippen molar-refractivity contribution in [2.45, 2.75) is 13.2 Å². The van der Waals surface area contributed by atoms with Crippen molar-refractivity contribution in [1.29, 1.82) is 0 Å². The van der Waals surface area contributed by atoms with Gasteiger partial charge in [-0.05, 0) is 17.7 Å². The molecule has 2 heterocycles. The Balaban J connectivity index is 1.74. The predicted octanol–water partition coefficient (Wildman–Crippen LogP) is 2.19. The SMILES string of the molecule is O=C(/C=C/c1cc([N+](=O)[O-])cc2c1OCOC2)NCc1cccnc1. The molecular formula is C17H15N3O5. The Morgan fingerprint density at radius 2 is 2.32 bits per heavy atom. The second-order valence-electron chi connectivity index (χ2n) is 5.30. The van der Waals surface area contributed by atoms with E-state index in [1.165, 1.54) is 24.3 Å². The highest BCUT2D eigenvalue weighted by Gasteiger charge is 2.19. The van der Waals surface area contributed by atoms with E-state index in [1.54, 1.807) is 18.5 Å². The predicted molar refractivity (Wildman–Crippen MR) is 88.5 cm³/mol. The van der Waals surface area contributed by atoms with Crippen molar-refractivity contribution in [2.75, 3.05) is 6.79 Å². The minimum Gasteiger partial charge on any atom is -0.467 e. The molecule has 1 amide bonds. The number of non-ortho nitro benzene ring substituents is 1. The first-order chi connectivity index (χ1) is 12.1. The van der Waals surface area contributed by atoms with Crippen molar-refractivity contribution in [3.05, 3.63) is 69.5 Å². The minimum absolute atomic E-state index is 0.0683. The maximum atomic E-state index is 12.0. The van der Waals surface area contributed by atoms with Crippen LogP contribution in [0, 0.1) is 10.1 Å². The molecule has 2 aromatic rings. The molecule has 3 rings (SSSR count). The number of nitro benzene ring substituents is 1. The summed E-state index contributed by atoms with van der Waals surface area (Å²) in [6, 6.07) is 6.41. The summed E-state index contributed by atoms with van der Waals surface area (Å²) in [6.07, 6.45) is 6.12. The van der Waals surface area contributed by atoms with E-state index in [2.05, 4.69) is 10.3 Å². The zero-order chi connectivity index (χ0) is 17.6. The van der Waals surface area contributed by atoms with Crippen LogP contribution in [0.4, 0.5) is 5.69 Å². The molecule has 0 radical (unpaired) electrons. The van der Waals surface area contributed by atoms with Crippen LogP contribution >= 0.6 is 0 Å². The van der Waals surface area contributed by atoms with Crippen molar-refractivity contribution in [2.24, 2.45) is 0 Å². The third kappa shape index (κ3) is 4.18. The third-order valence-electron chi connectivity index (χ3n) is 3.54. The number of nitro groups is 1. The number of hydrogen-bond donors (Lipinski definition) is 1. The lowest BCUT2D eigenvalue weighted by molar-refractivity contribution is -0.385. The van der Waals surface area contributed by atoms with E-state index in [4.69, 9.17) is 9.47 Å². The van der Waals surface area contributed by atoms with Crippen LogP contribution in [0.15, 0.2) is 42.7 Å². The average molecular weight is 341 g/mol. The molecule has 1 N–H and O–H groups in total. The van der Waals surface area contributed by atoms with Gasteiger partial charge < -0.3 is 14.8 Å². The zero-order valence-corrected chi connectivity index (χ0v) is 13.2. The Kier molecular flexibility index (Phi) is 5.00. The van der Waals surface area contributed by atoms with Crippen LogP contribution in [-0.4, -0.2) is 22.6 Å². The Morgan fingerprint density at radius 3 is 3.08 bits per heavy atom. The highest BCUT2D eigenvalue weighted by atomic mass is 16.7. The number of amides is 1. The number of rotatable bonds is 5. The van der Waals surface area contributed by atoms with Crippen molar-refractivity contribution < 1.29 is 19.2 Å². The largest absolute Gasteiger partial charge is 0.467 e. The molecule has 25 heavy (non-hydrogen) atoms. The van der Waals surface area contributed by atoms with Crippen LogP contribution in [0.2, 0.25) is 0 Å². The standard InChI is InChI=1S/C17H15N3O5/c21-16(19-9-12-2-1-5-18-8-12)4-3-13-6-15(20(22)23)7-14-10-24-11-25-17(13)14/h1-8H,9-11H2,(H,19,21)/b4-3+. The molecule has 1 aromatic heterocycles. The number of fused-ring (bicyclic) bond motifs is 1. The molecule has 0 atom stereocenters. The Hall–Kier alpha value is -3.26. The van der Waals surface area contributed by atoms with Crippen molar-refractivity contribution in [1.82, 2.24) is 10.3 Å². The number of pyridine rings is 1. The quantitative estimate of drug-likeness (QED) is 0.508. The van der Waals surface area contributed by atoms with Crippen LogP contribution < -0.4 is 10.1 Å². The van der Waals surface area contributed by atoms with Gasteiger partial charge in [-0.3, -0.25) is 19.9 Å². The summed E-state index contributed by atoms with van der Waals surface area (Å²) in [5.41, 5.74) is 1.83. The van der Waals surface area contributed by atoms with Crippen molar-refractivity contribution in [3.63, 3.8) is 0 Å². The molecular weight excluding hydrogens is 326 g/mol.